The Kier molecular flexibility index (Phi) is 5.00. The van der Waals surface area contributed by atoms with Gasteiger partial charge in [0, 0.05) is 11.9 Å². The summed E-state index contributed by atoms with van der Waals surface area (Å²) in [6.07, 6.45) is 3.62. The molecular formula is C17H17N3O3S. The van der Waals surface area contributed by atoms with Gasteiger partial charge in [0.1, 0.15) is 5.76 Å². The maximum atomic E-state index is 12.3. The first-order valence-corrected chi connectivity index (χ1v) is 8.89. The zero-order valence-electron chi connectivity index (χ0n) is 13.2. The summed E-state index contributed by atoms with van der Waals surface area (Å²) in [5.74, 6) is 1.47. The third-order valence-corrected chi connectivity index (χ3v) is 4.12. The van der Waals surface area contributed by atoms with Gasteiger partial charge in [-0.25, -0.2) is 4.68 Å². The molecular weight excluding hydrogens is 326 g/mol. The molecule has 24 heavy (non-hydrogen) atoms. The van der Waals surface area contributed by atoms with Crippen LogP contribution < -0.4 is 10.9 Å². The highest BCUT2D eigenvalue weighted by molar-refractivity contribution is 7.97. The molecule has 1 N–H and O–H groups in total. The quantitative estimate of drug-likeness (QED) is 0.743. The summed E-state index contributed by atoms with van der Waals surface area (Å²) in [7, 11) is 0. The van der Waals surface area contributed by atoms with Crippen molar-refractivity contribution < 1.29 is 9.21 Å². The predicted octanol–water partition coefficient (Wildman–Crippen LogP) is 2.28. The van der Waals surface area contributed by atoms with Crippen LogP contribution in [0.3, 0.4) is 0 Å². The SMILES string of the molecule is CSCc1ccc(C(=O)NCCn2ncc3ccccc3c2=O)o1. The average molecular weight is 343 g/mol. The number of nitrogens with zero attached hydrogens (tertiary/aromatic N) is 2. The highest BCUT2D eigenvalue weighted by Gasteiger charge is 2.11. The first kappa shape index (κ1) is 16.3. The van der Waals surface area contributed by atoms with Crippen LogP contribution in [0.15, 0.2) is 51.8 Å². The molecule has 7 heteroatoms. The smallest absolute Gasteiger partial charge is 0.287 e. The summed E-state index contributed by atoms with van der Waals surface area (Å²) in [5, 5.41) is 8.29. The second-order valence-corrected chi connectivity index (χ2v) is 6.08. The number of carbonyl (C=O) groups is 1. The lowest BCUT2D eigenvalue weighted by molar-refractivity contribution is 0.0922. The third-order valence-electron chi connectivity index (χ3n) is 3.54. The molecule has 0 unspecified atom stereocenters. The highest BCUT2D eigenvalue weighted by atomic mass is 32.2. The average Bonchev–Trinajstić information content (AvgIpc) is 3.06. The minimum Gasteiger partial charge on any atom is -0.455 e. The van der Waals surface area contributed by atoms with Crippen molar-refractivity contribution in [3.63, 3.8) is 0 Å². The van der Waals surface area contributed by atoms with E-state index in [1.807, 2.05) is 24.5 Å². The monoisotopic (exact) mass is 343 g/mol. The van der Waals surface area contributed by atoms with E-state index < -0.39 is 0 Å². The van der Waals surface area contributed by atoms with Crippen molar-refractivity contribution in [1.82, 2.24) is 15.1 Å². The fourth-order valence-electron chi connectivity index (χ4n) is 2.37. The number of hydrogen-bond acceptors (Lipinski definition) is 5. The van der Waals surface area contributed by atoms with Crippen LogP contribution in [-0.4, -0.2) is 28.5 Å². The van der Waals surface area contributed by atoms with Crippen LogP contribution in [0.5, 0.6) is 0 Å². The first-order valence-electron chi connectivity index (χ1n) is 7.50. The van der Waals surface area contributed by atoms with Crippen molar-refractivity contribution in [2.75, 3.05) is 12.8 Å². The lowest BCUT2D eigenvalue weighted by Gasteiger charge is -2.06. The lowest BCUT2D eigenvalue weighted by Crippen LogP contribution is -2.31. The Hall–Kier alpha value is -2.54. The molecule has 0 aliphatic carbocycles. The second kappa shape index (κ2) is 7.35. The van der Waals surface area contributed by atoms with Gasteiger partial charge >= 0.3 is 0 Å². The number of fused-ring (bicyclic) bond motifs is 1. The minimum absolute atomic E-state index is 0.164. The number of thioether (sulfide) groups is 1. The molecule has 6 nitrogen and oxygen atoms in total. The topological polar surface area (TPSA) is 77.1 Å². The van der Waals surface area contributed by atoms with Gasteiger partial charge in [-0.3, -0.25) is 9.59 Å². The fourth-order valence-corrected chi connectivity index (χ4v) is 2.81. The molecule has 0 saturated heterocycles. The summed E-state index contributed by atoms with van der Waals surface area (Å²) >= 11 is 1.63. The number of hydrogen-bond donors (Lipinski definition) is 1. The molecule has 3 rings (SSSR count). The van der Waals surface area contributed by atoms with Gasteiger partial charge in [0.05, 0.1) is 23.9 Å². The van der Waals surface area contributed by atoms with Gasteiger partial charge in [0.25, 0.3) is 11.5 Å². The van der Waals surface area contributed by atoms with E-state index in [1.54, 1.807) is 36.2 Å². The molecule has 0 fully saturated rings. The standard InChI is InChI=1S/C17H17N3O3S/c1-24-11-13-6-7-15(23-13)16(21)18-8-9-20-17(22)14-5-3-2-4-12(14)10-19-20/h2-7,10H,8-9,11H2,1H3,(H,18,21). The van der Waals surface area contributed by atoms with Crippen LogP contribution in [0.25, 0.3) is 10.8 Å². The molecule has 0 bridgehead atoms. The summed E-state index contributed by atoms with van der Waals surface area (Å²) in [5.41, 5.74) is -0.164. The molecule has 2 heterocycles. The van der Waals surface area contributed by atoms with Crippen LogP contribution in [0, 0.1) is 0 Å². The lowest BCUT2D eigenvalue weighted by atomic mass is 10.2. The first-order chi connectivity index (χ1) is 11.7. The van der Waals surface area contributed by atoms with Crippen molar-refractivity contribution >= 4 is 28.4 Å². The Labute approximate surface area is 142 Å². The number of rotatable bonds is 6. The fraction of sp³-hybridized carbons (Fsp3) is 0.235. The Morgan fingerprint density at radius 3 is 2.96 bits per heavy atom. The number of carbonyl (C=O) groups excluding carboxylic acids is 1. The van der Waals surface area contributed by atoms with Gasteiger partial charge in [0.15, 0.2) is 5.76 Å². The molecule has 0 atom stereocenters. The molecule has 2 aromatic heterocycles. The number of furan rings is 1. The second-order valence-electron chi connectivity index (χ2n) is 5.21. The van der Waals surface area contributed by atoms with E-state index in [2.05, 4.69) is 10.4 Å². The number of nitrogens with one attached hydrogen (secondary N) is 1. The van der Waals surface area contributed by atoms with Gasteiger partial charge in [-0.15, -0.1) is 0 Å². The Morgan fingerprint density at radius 1 is 1.29 bits per heavy atom. The normalized spacial score (nSPS) is 10.9. The molecule has 1 amide bonds. The largest absolute Gasteiger partial charge is 0.455 e. The maximum Gasteiger partial charge on any atom is 0.287 e. The summed E-state index contributed by atoms with van der Waals surface area (Å²) < 4.78 is 6.80. The highest BCUT2D eigenvalue weighted by Crippen LogP contribution is 2.13. The molecule has 124 valence electrons. The molecule has 0 aliphatic heterocycles. The zero-order chi connectivity index (χ0) is 16.9. The van der Waals surface area contributed by atoms with E-state index in [0.717, 1.165) is 16.9 Å². The molecule has 0 spiro atoms. The maximum absolute atomic E-state index is 12.3. The van der Waals surface area contributed by atoms with Crippen molar-refractivity contribution in [2.24, 2.45) is 0 Å². The van der Waals surface area contributed by atoms with E-state index in [0.29, 0.717) is 18.5 Å². The number of aromatic nitrogens is 2. The van der Waals surface area contributed by atoms with Crippen LogP contribution in [-0.2, 0) is 12.3 Å². The van der Waals surface area contributed by atoms with Gasteiger partial charge in [-0.05, 0) is 24.5 Å². The Balaban J connectivity index is 1.62. The van der Waals surface area contributed by atoms with E-state index in [4.69, 9.17) is 4.42 Å². The summed E-state index contributed by atoms with van der Waals surface area (Å²) in [6, 6.07) is 10.7. The van der Waals surface area contributed by atoms with Crippen molar-refractivity contribution in [3.8, 4) is 0 Å². The molecule has 0 aliphatic rings. The third kappa shape index (κ3) is 3.51. The number of amides is 1. The summed E-state index contributed by atoms with van der Waals surface area (Å²) in [6.45, 7) is 0.594. The summed E-state index contributed by atoms with van der Waals surface area (Å²) in [4.78, 5) is 24.3. The molecule has 1 aromatic carbocycles. The van der Waals surface area contributed by atoms with E-state index in [9.17, 15) is 9.59 Å². The molecule has 0 saturated carbocycles. The molecule has 0 radical (unpaired) electrons. The van der Waals surface area contributed by atoms with Crippen LogP contribution in [0.4, 0.5) is 0 Å². The van der Waals surface area contributed by atoms with Gasteiger partial charge in [0.2, 0.25) is 0 Å². The van der Waals surface area contributed by atoms with E-state index in [1.165, 1.54) is 4.68 Å². The van der Waals surface area contributed by atoms with Gasteiger partial charge in [-0.2, -0.15) is 16.9 Å². The van der Waals surface area contributed by atoms with Crippen molar-refractivity contribution in [3.05, 3.63) is 64.5 Å². The van der Waals surface area contributed by atoms with Gasteiger partial charge in [-0.1, -0.05) is 18.2 Å². The van der Waals surface area contributed by atoms with Crippen molar-refractivity contribution in [2.45, 2.75) is 12.3 Å². The van der Waals surface area contributed by atoms with Crippen LogP contribution in [0.1, 0.15) is 16.3 Å². The van der Waals surface area contributed by atoms with Crippen LogP contribution in [0.2, 0.25) is 0 Å². The minimum atomic E-state index is -0.295. The number of benzene rings is 1. The molecule has 3 aromatic rings. The van der Waals surface area contributed by atoms with E-state index >= 15 is 0 Å². The Morgan fingerprint density at radius 2 is 2.12 bits per heavy atom. The van der Waals surface area contributed by atoms with E-state index in [-0.39, 0.29) is 17.2 Å². The Bertz CT molecular complexity index is 917. The van der Waals surface area contributed by atoms with Crippen molar-refractivity contribution in [1.29, 1.82) is 0 Å². The van der Waals surface area contributed by atoms with Crippen LogP contribution >= 0.6 is 11.8 Å². The zero-order valence-corrected chi connectivity index (χ0v) is 14.0. The predicted molar refractivity (Wildman–Crippen MR) is 94.3 cm³/mol. The van der Waals surface area contributed by atoms with Gasteiger partial charge < -0.3 is 9.73 Å².